The molecule has 0 saturated carbocycles. The molecule has 3 nitrogen and oxygen atoms in total. The third-order valence-corrected chi connectivity index (χ3v) is 2.52. The molecule has 0 radical (unpaired) electrons. The average Bonchev–Trinajstić information content (AvgIpc) is 2.20. The Hall–Kier alpha value is -1.05. The molecule has 74 valence electrons. The zero-order chi connectivity index (χ0) is 10.6. The van der Waals surface area contributed by atoms with Gasteiger partial charge in [0, 0.05) is 12.1 Å². The van der Waals surface area contributed by atoms with E-state index in [1.807, 2.05) is 5.40 Å². The van der Waals surface area contributed by atoms with Crippen molar-refractivity contribution >= 4 is 23.4 Å². The van der Waals surface area contributed by atoms with Gasteiger partial charge in [-0.1, -0.05) is 11.6 Å². The van der Waals surface area contributed by atoms with E-state index in [2.05, 4.69) is 0 Å². The van der Waals surface area contributed by atoms with Gasteiger partial charge in [-0.05, 0) is 11.8 Å². The third-order valence-electron chi connectivity index (χ3n) is 1.59. The minimum atomic E-state index is 0.464. The number of nitrogens with zero attached hydrogens (tertiary/aromatic N) is 1. The van der Waals surface area contributed by atoms with Crippen LogP contribution < -0.4 is 9.47 Å². The molecule has 0 aliphatic carbocycles. The number of hydrogen-bond acceptors (Lipinski definition) is 4. The van der Waals surface area contributed by atoms with Crippen LogP contribution in [0.5, 0.6) is 11.5 Å². The van der Waals surface area contributed by atoms with E-state index in [4.69, 9.17) is 26.3 Å². The van der Waals surface area contributed by atoms with Crippen molar-refractivity contribution in [3.05, 3.63) is 17.2 Å². The Morgan fingerprint density at radius 2 is 1.93 bits per heavy atom. The van der Waals surface area contributed by atoms with E-state index in [-0.39, 0.29) is 0 Å². The predicted molar refractivity (Wildman–Crippen MR) is 56.0 cm³/mol. The Kier molecular flexibility index (Phi) is 3.93. The van der Waals surface area contributed by atoms with E-state index in [0.717, 1.165) is 11.8 Å². The van der Waals surface area contributed by atoms with Gasteiger partial charge >= 0.3 is 0 Å². The molecule has 0 fully saturated rings. The van der Waals surface area contributed by atoms with Crippen LogP contribution >= 0.6 is 23.4 Å². The van der Waals surface area contributed by atoms with Crippen LogP contribution in [-0.2, 0) is 0 Å². The highest BCUT2D eigenvalue weighted by molar-refractivity contribution is 8.03. The summed E-state index contributed by atoms with van der Waals surface area (Å²) in [6, 6.07) is 3.30. The van der Waals surface area contributed by atoms with Gasteiger partial charge in [0.1, 0.15) is 16.9 Å². The number of halogens is 1. The fraction of sp³-hybridized carbons (Fsp3) is 0.222. The van der Waals surface area contributed by atoms with Crippen molar-refractivity contribution in [3.63, 3.8) is 0 Å². The van der Waals surface area contributed by atoms with Crippen molar-refractivity contribution in [3.8, 4) is 16.9 Å². The topological polar surface area (TPSA) is 42.2 Å². The summed E-state index contributed by atoms with van der Waals surface area (Å²) in [5.74, 6) is 1.10. The highest BCUT2D eigenvalue weighted by Gasteiger charge is 2.09. The van der Waals surface area contributed by atoms with Gasteiger partial charge in [0.05, 0.1) is 24.1 Å². The van der Waals surface area contributed by atoms with Gasteiger partial charge in [-0.25, -0.2) is 0 Å². The number of benzene rings is 1. The molecule has 0 atom stereocenters. The quantitative estimate of drug-likeness (QED) is 0.590. The molecule has 14 heavy (non-hydrogen) atoms. The van der Waals surface area contributed by atoms with Crippen LogP contribution in [0.3, 0.4) is 0 Å². The predicted octanol–water partition coefficient (Wildman–Crippen LogP) is 2.93. The zero-order valence-electron chi connectivity index (χ0n) is 7.70. The van der Waals surface area contributed by atoms with E-state index in [1.165, 1.54) is 14.2 Å². The summed E-state index contributed by atoms with van der Waals surface area (Å²) in [5.41, 5.74) is 0. The molecule has 0 unspecified atom stereocenters. The van der Waals surface area contributed by atoms with Gasteiger partial charge in [-0.2, -0.15) is 5.26 Å². The first-order valence-corrected chi connectivity index (χ1v) is 4.89. The van der Waals surface area contributed by atoms with Crippen LogP contribution in [0.4, 0.5) is 0 Å². The van der Waals surface area contributed by atoms with Crippen molar-refractivity contribution in [2.24, 2.45) is 0 Å². The molecule has 0 N–H and O–H groups in total. The second-order valence-electron chi connectivity index (χ2n) is 2.33. The maximum absolute atomic E-state index is 8.56. The van der Waals surface area contributed by atoms with Crippen LogP contribution in [0, 0.1) is 10.7 Å². The summed E-state index contributed by atoms with van der Waals surface area (Å²) in [4.78, 5) is 0.691. The molecule has 0 aromatic heterocycles. The van der Waals surface area contributed by atoms with Crippen LogP contribution in [0.15, 0.2) is 17.0 Å². The fourth-order valence-electron chi connectivity index (χ4n) is 0.961. The SMILES string of the molecule is COc1cc(SC#N)c(OC)cc1Cl. The van der Waals surface area contributed by atoms with E-state index >= 15 is 0 Å². The Morgan fingerprint density at radius 3 is 2.43 bits per heavy atom. The van der Waals surface area contributed by atoms with Crippen molar-refractivity contribution in [2.75, 3.05) is 14.2 Å². The van der Waals surface area contributed by atoms with Gasteiger partial charge in [-0.3, -0.25) is 0 Å². The van der Waals surface area contributed by atoms with Gasteiger partial charge in [0.25, 0.3) is 0 Å². The molecule has 1 rings (SSSR count). The summed E-state index contributed by atoms with van der Waals surface area (Å²) in [6.45, 7) is 0. The first kappa shape index (κ1) is 11.0. The summed E-state index contributed by atoms with van der Waals surface area (Å²) in [6.07, 6.45) is 0. The molecule has 0 aliphatic rings. The van der Waals surface area contributed by atoms with E-state index in [9.17, 15) is 0 Å². The van der Waals surface area contributed by atoms with Crippen molar-refractivity contribution in [2.45, 2.75) is 4.90 Å². The Labute approximate surface area is 91.6 Å². The van der Waals surface area contributed by atoms with E-state index in [1.54, 1.807) is 12.1 Å². The highest BCUT2D eigenvalue weighted by atomic mass is 35.5. The van der Waals surface area contributed by atoms with Crippen molar-refractivity contribution < 1.29 is 9.47 Å². The molecule has 0 bridgehead atoms. The minimum absolute atomic E-state index is 0.464. The zero-order valence-corrected chi connectivity index (χ0v) is 9.28. The molecule has 5 heteroatoms. The minimum Gasteiger partial charge on any atom is -0.495 e. The molecule has 1 aromatic carbocycles. The molecule has 1 aromatic rings. The summed E-state index contributed by atoms with van der Waals surface area (Å²) in [5, 5.41) is 11.0. The molecule has 0 amide bonds. The van der Waals surface area contributed by atoms with Crippen LogP contribution in [0.25, 0.3) is 0 Å². The van der Waals surface area contributed by atoms with Crippen LogP contribution in [0.1, 0.15) is 0 Å². The second kappa shape index (κ2) is 4.99. The largest absolute Gasteiger partial charge is 0.495 e. The lowest BCUT2D eigenvalue weighted by Crippen LogP contribution is -1.89. The van der Waals surface area contributed by atoms with Crippen molar-refractivity contribution in [1.82, 2.24) is 0 Å². The highest BCUT2D eigenvalue weighted by Crippen LogP contribution is 2.37. The second-order valence-corrected chi connectivity index (χ2v) is 3.56. The number of thioether (sulfide) groups is 1. The van der Waals surface area contributed by atoms with Crippen LogP contribution in [0.2, 0.25) is 5.02 Å². The lowest BCUT2D eigenvalue weighted by atomic mass is 10.3. The Balaban J connectivity index is 3.19. The maximum Gasteiger partial charge on any atom is 0.138 e. The van der Waals surface area contributed by atoms with E-state index < -0.39 is 0 Å². The number of methoxy groups -OCH3 is 2. The lowest BCUT2D eigenvalue weighted by Gasteiger charge is -2.08. The monoisotopic (exact) mass is 229 g/mol. The third kappa shape index (κ3) is 2.25. The van der Waals surface area contributed by atoms with Gasteiger partial charge in [0.2, 0.25) is 0 Å². The molecule has 0 heterocycles. The first-order valence-electron chi connectivity index (χ1n) is 3.70. The fourth-order valence-corrected chi connectivity index (χ4v) is 1.70. The Morgan fingerprint density at radius 1 is 1.29 bits per heavy atom. The summed E-state index contributed by atoms with van der Waals surface area (Å²) >= 11 is 6.89. The Bertz CT molecular complexity index is 376. The molecule has 0 aliphatic heterocycles. The number of thiocyanates is 1. The van der Waals surface area contributed by atoms with Gasteiger partial charge in [0.15, 0.2) is 0 Å². The standard InChI is InChI=1S/C9H8ClNO2S/c1-12-7-4-9(14-5-11)8(13-2)3-6(7)10/h3-4H,1-2H3. The van der Waals surface area contributed by atoms with E-state index in [0.29, 0.717) is 21.4 Å². The average molecular weight is 230 g/mol. The smallest absolute Gasteiger partial charge is 0.138 e. The number of hydrogen-bond donors (Lipinski definition) is 0. The number of nitriles is 1. The first-order chi connectivity index (χ1) is 6.72. The maximum atomic E-state index is 8.56. The van der Waals surface area contributed by atoms with Crippen LogP contribution in [-0.4, -0.2) is 14.2 Å². The molecular formula is C9H8ClNO2S. The van der Waals surface area contributed by atoms with Gasteiger partial charge < -0.3 is 9.47 Å². The molecule has 0 saturated heterocycles. The normalized spacial score (nSPS) is 9.29. The molecule has 0 spiro atoms. The molecular weight excluding hydrogens is 222 g/mol. The van der Waals surface area contributed by atoms with Gasteiger partial charge in [-0.15, -0.1) is 0 Å². The lowest BCUT2D eigenvalue weighted by molar-refractivity contribution is 0.394. The van der Waals surface area contributed by atoms with Crippen molar-refractivity contribution in [1.29, 1.82) is 5.26 Å². The number of rotatable bonds is 3. The summed E-state index contributed by atoms with van der Waals surface area (Å²) in [7, 11) is 3.05. The number of ether oxygens (including phenoxy) is 2. The summed E-state index contributed by atoms with van der Waals surface area (Å²) < 4.78 is 10.1.